The number of fused-ring (bicyclic) bond motifs is 1. The first-order chi connectivity index (χ1) is 20.0. The molecule has 232 valence electrons. The first-order valence-corrected chi connectivity index (χ1v) is 14.4. The molecule has 2 aliphatic rings. The van der Waals surface area contributed by atoms with Crippen molar-refractivity contribution in [3.63, 3.8) is 0 Å². The van der Waals surface area contributed by atoms with Crippen molar-refractivity contribution in [3.8, 4) is 0 Å². The summed E-state index contributed by atoms with van der Waals surface area (Å²) in [6.07, 6.45) is -1.87. The molecule has 2 atom stereocenters. The Hall–Kier alpha value is -4.03. The zero-order valence-electron chi connectivity index (χ0n) is 25.1. The monoisotopic (exact) mass is 602 g/mol. The van der Waals surface area contributed by atoms with Gasteiger partial charge >= 0.3 is 12.3 Å². The van der Waals surface area contributed by atoms with E-state index >= 15 is 0 Å². The highest BCUT2D eigenvalue weighted by Crippen LogP contribution is 2.39. The van der Waals surface area contributed by atoms with Crippen molar-refractivity contribution < 1.29 is 23.1 Å². The molecule has 1 aromatic carbocycles. The molecule has 1 aliphatic heterocycles. The lowest BCUT2D eigenvalue weighted by molar-refractivity contribution is -0.138. The Kier molecular flexibility index (Phi) is 7.50. The number of aryl methyl sites for hydroxylation is 1. The fourth-order valence-electron chi connectivity index (χ4n) is 6.31. The lowest BCUT2D eigenvalue weighted by Gasteiger charge is -2.38. The number of halogens is 3. The van der Waals surface area contributed by atoms with Gasteiger partial charge in [-0.15, -0.1) is 0 Å². The molecule has 0 spiro atoms. The molecule has 1 aliphatic carbocycles. The zero-order valence-corrected chi connectivity index (χ0v) is 25.1. The summed E-state index contributed by atoms with van der Waals surface area (Å²) >= 11 is 0. The first kappa shape index (κ1) is 30.4. The molecular formula is C30H37F3N6O4. The predicted octanol–water partition coefficient (Wildman–Crippen LogP) is 5.29. The SMILES string of the molecule is Cc1c([C@@H](C)Nc2nn(C)c(=O)c3c(N4CC[C@@H](N(C(=O)O)C(C)(C)C)C4)c(=O)n(C4CC4)cc23)cccc1C(F)(F)F. The third-order valence-corrected chi connectivity index (χ3v) is 8.44. The number of carboxylic acid groups (broad SMARTS) is 1. The van der Waals surface area contributed by atoms with Crippen LogP contribution in [0.1, 0.15) is 75.7 Å². The van der Waals surface area contributed by atoms with Gasteiger partial charge in [0.05, 0.1) is 28.4 Å². The van der Waals surface area contributed by atoms with E-state index in [0.29, 0.717) is 23.9 Å². The van der Waals surface area contributed by atoms with E-state index in [1.54, 1.807) is 28.7 Å². The van der Waals surface area contributed by atoms with Crippen LogP contribution in [0.5, 0.6) is 0 Å². The number of aromatic nitrogens is 3. The molecule has 3 aromatic rings. The van der Waals surface area contributed by atoms with Crippen molar-refractivity contribution in [2.45, 2.75) is 83.7 Å². The van der Waals surface area contributed by atoms with Gasteiger partial charge < -0.3 is 19.9 Å². The molecule has 0 unspecified atom stereocenters. The fourth-order valence-corrected chi connectivity index (χ4v) is 6.31. The number of amides is 1. The van der Waals surface area contributed by atoms with Crippen LogP contribution >= 0.6 is 0 Å². The number of alkyl halides is 3. The lowest BCUT2D eigenvalue weighted by Crippen LogP contribution is -2.52. The van der Waals surface area contributed by atoms with E-state index in [0.717, 1.165) is 23.6 Å². The lowest BCUT2D eigenvalue weighted by atomic mass is 9.97. The third kappa shape index (κ3) is 5.56. The van der Waals surface area contributed by atoms with Gasteiger partial charge in [-0.2, -0.15) is 18.3 Å². The molecule has 2 N–H and O–H groups in total. The smallest absolute Gasteiger partial charge is 0.416 e. The number of anilines is 2. The summed E-state index contributed by atoms with van der Waals surface area (Å²) in [4.78, 5) is 42.9. The Bertz CT molecular complexity index is 1700. The minimum Gasteiger partial charge on any atom is -0.465 e. The number of rotatable bonds is 6. The van der Waals surface area contributed by atoms with Crippen molar-refractivity contribution in [1.29, 1.82) is 0 Å². The standard InChI is InChI=1S/C30H37F3N6O4/c1-16-20(8-7-9-22(16)30(31,32)33)17(2)34-25-21-15-38(18-10-11-18)27(41)24(23(21)26(40)36(6)35-25)37-13-12-19(14-37)39(28(42)43)29(3,4)5/h7-9,15,17-19H,10-14H2,1-6H3,(H,34,35)(H,42,43)/t17-,19-/m1/s1. The molecule has 1 saturated heterocycles. The summed E-state index contributed by atoms with van der Waals surface area (Å²) in [6, 6.07) is 2.97. The second kappa shape index (κ2) is 10.6. The van der Waals surface area contributed by atoms with Crippen molar-refractivity contribution in [3.05, 3.63) is 61.8 Å². The molecule has 2 aromatic heterocycles. The summed E-state index contributed by atoms with van der Waals surface area (Å²) < 4.78 is 43.6. The Labute approximate surface area is 246 Å². The number of hydrogen-bond donors (Lipinski definition) is 2. The van der Waals surface area contributed by atoms with Gasteiger partial charge in [-0.25, -0.2) is 9.48 Å². The minimum absolute atomic E-state index is 0.0424. The third-order valence-electron chi connectivity index (χ3n) is 8.44. The van der Waals surface area contributed by atoms with Gasteiger partial charge in [0.25, 0.3) is 11.1 Å². The highest BCUT2D eigenvalue weighted by atomic mass is 19.4. The average molecular weight is 603 g/mol. The molecule has 5 rings (SSSR count). The summed E-state index contributed by atoms with van der Waals surface area (Å²) in [6.45, 7) is 9.19. The molecule has 0 bridgehead atoms. The number of nitrogens with one attached hydrogen (secondary N) is 1. The predicted molar refractivity (Wildman–Crippen MR) is 158 cm³/mol. The van der Waals surface area contributed by atoms with E-state index in [1.807, 2.05) is 20.8 Å². The molecule has 10 nitrogen and oxygen atoms in total. The van der Waals surface area contributed by atoms with E-state index in [-0.39, 0.29) is 40.6 Å². The largest absolute Gasteiger partial charge is 0.465 e. The second-order valence-electron chi connectivity index (χ2n) is 12.6. The highest BCUT2D eigenvalue weighted by Gasteiger charge is 2.39. The van der Waals surface area contributed by atoms with Crippen LogP contribution < -0.4 is 21.3 Å². The second-order valence-corrected chi connectivity index (χ2v) is 12.6. The molecule has 3 heterocycles. The van der Waals surface area contributed by atoms with Gasteiger partial charge in [0.2, 0.25) is 0 Å². The van der Waals surface area contributed by atoms with Crippen LogP contribution in [0.4, 0.5) is 29.5 Å². The van der Waals surface area contributed by atoms with Crippen molar-refractivity contribution >= 4 is 28.4 Å². The van der Waals surface area contributed by atoms with E-state index in [1.165, 1.54) is 24.9 Å². The van der Waals surface area contributed by atoms with Crippen LogP contribution in [0.3, 0.4) is 0 Å². The van der Waals surface area contributed by atoms with Crippen LogP contribution in [0.2, 0.25) is 0 Å². The topological polar surface area (TPSA) is 113 Å². The maximum Gasteiger partial charge on any atom is 0.416 e. The van der Waals surface area contributed by atoms with Crippen molar-refractivity contribution in [2.75, 3.05) is 23.3 Å². The molecule has 0 radical (unpaired) electrons. The van der Waals surface area contributed by atoms with Crippen LogP contribution in [-0.4, -0.2) is 55.1 Å². The molecule has 43 heavy (non-hydrogen) atoms. The van der Waals surface area contributed by atoms with Crippen LogP contribution in [0.15, 0.2) is 34.0 Å². The minimum atomic E-state index is -4.51. The summed E-state index contributed by atoms with van der Waals surface area (Å²) in [5.41, 5.74) is -1.51. The molecular weight excluding hydrogens is 565 g/mol. The fraction of sp³-hybridized carbons (Fsp3) is 0.533. The van der Waals surface area contributed by atoms with Gasteiger partial charge in [-0.3, -0.25) is 14.5 Å². The van der Waals surface area contributed by atoms with Gasteiger partial charge in [0.15, 0.2) is 5.82 Å². The number of pyridine rings is 1. The number of nitrogens with zero attached hydrogens (tertiary/aromatic N) is 5. The van der Waals surface area contributed by atoms with Crippen molar-refractivity contribution in [1.82, 2.24) is 19.2 Å². The maximum absolute atomic E-state index is 13.9. The quantitative estimate of drug-likeness (QED) is 0.395. The first-order valence-electron chi connectivity index (χ1n) is 14.4. The summed E-state index contributed by atoms with van der Waals surface area (Å²) in [5.74, 6) is 0.259. The Morgan fingerprint density at radius 1 is 1.14 bits per heavy atom. The maximum atomic E-state index is 13.9. The number of carbonyl (C=O) groups is 1. The van der Waals surface area contributed by atoms with Crippen LogP contribution in [0.25, 0.3) is 10.8 Å². The van der Waals surface area contributed by atoms with Crippen molar-refractivity contribution in [2.24, 2.45) is 7.05 Å². The highest BCUT2D eigenvalue weighted by molar-refractivity contribution is 5.99. The number of hydrogen-bond acceptors (Lipinski definition) is 6. The van der Waals surface area contributed by atoms with E-state index in [4.69, 9.17) is 0 Å². The van der Waals surface area contributed by atoms with Gasteiger partial charge in [0, 0.05) is 37.9 Å². The average Bonchev–Trinajstić information content (AvgIpc) is 3.63. The summed E-state index contributed by atoms with van der Waals surface area (Å²) in [7, 11) is 1.46. The van der Waals surface area contributed by atoms with E-state index in [9.17, 15) is 32.7 Å². The normalized spacial score (nSPS) is 18.3. The van der Waals surface area contributed by atoms with Gasteiger partial charge in [0.1, 0.15) is 5.69 Å². The Balaban J connectivity index is 1.63. The zero-order chi connectivity index (χ0) is 31.6. The molecule has 13 heteroatoms. The number of benzene rings is 1. The van der Waals surface area contributed by atoms with Crippen LogP contribution in [0, 0.1) is 6.92 Å². The van der Waals surface area contributed by atoms with Gasteiger partial charge in [-0.1, -0.05) is 12.1 Å². The summed E-state index contributed by atoms with van der Waals surface area (Å²) in [5, 5.41) is 18.1. The van der Waals surface area contributed by atoms with E-state index < -0.39 is 41.0 Å². The van der Waals surface area contributed by atoms with E-state index in [2.05, 4.69) is 10.4 Å². The Morgan fingerprint density at radius 3 is 2.40 bits per heavy atom. The van der Waals surface area contributed by atoms with Crippen LogP contribution in [-0.2, 0) is 13.2 Å². The molecule has 1 saturated carbocycles. The Morgan fingerprint density at radius 2 is 1.81 bits per heavy atom. The molecule has 2 fully saturated rings. The molecule has 1 amide bonds. The van der Waals surface area contributed by atoms with Gasteiger partial charge in [-0.05, 0) is 71.1 Å².